The van der Waals surface area contributed by atoms with Gasteiger partial charge in [0.1, 0.15) is 5.75 Å². The molecule has 1 N–H and O–H groups in total. The molecule has 0 amide bonds. The van der Waals surface area contributed by atoms with Crippen LogP contribution in [0.3, 0.4) is 0 Å². The quantitative estimate of drug-likeness (QED) is 0.290. The van der Waals surface area contributed by atoms with Gasteiger partial charge in [-0.25, -0.2) is 9.78 Å². The number of fused-ring (bicyclic) bond motifs is 1. The summed E-state index contributed by atoms with van der Waals surface area (Å²) >= 11 is 2.07. The molecule has 0 fully saturated rings. The lowest BCUT2D eigenvalue weighted by molar-refractivity contribution is -0.144. The highest BCUT2D eigenvalue weighted by molar-refractivity contribution is 14.1. The van der Waals surface area contributed by atoms with E-state index in [1.807, 2.05) is 36.4 Å². The van der Waals surface area contributed by atoms with Crippen molar-refractivity contribution in [1.29, 1.82) is 0 Å². The van der Waals surface area contributed by atoms with Gasteiger partial charge in [-0.3, -0.25) is 4.79 Å². The third kappa shape index (κ3) is 4.54. The van der Waals surface area contributed by atoms with Crippen LogP contribution in [0.15, 0.2) is 82.7 Å². The van der Waals surface area contributed by atoms with Gasteiger partial charge in [0.2, 0.25) is 0 Å². The number of carboxylic acids is 1. The summed E-state index contributed by atoms with van der Waals surface area (Å²) in [7, 11) is 0. The second-order valence-corrected chi connectivity index (χ2v) is 8.13. The van der Waals surface area contributed by atoms with Crippen molar-refractivity contribution in [3.05, 3.63) is 92.3 Å². The van der Waals surface area contributed by atoms with Crippen molar-refractivity contribution in [1.82, 2.24) is 9.66 Å². The molecule has 0 radical (unpaired) electrons. The number of aliphatic carboxylic acids is 1. The van der Waals surface area contributed by atoms with E-state index in [2.05, 4.69) is 32.7 Å². The van der Waals surface area contributed by atoms with E-state index < -0.39 is 12.1 Å². The van der Waals surface area contributed by atoms with Crippen molar-refractivity contribution in [3.63, 3.8) is 0 Å². The summed E-state index contributed by atoms with van der Waals surface area (Å²) in [6.45, 7) is 1.47. The Morgan fingerprint density at radius 3 is 2.56 bits per heavy atom. The first-order valence-electron chi connectivity index (χ1n) is 9.74. The highest BCUT2D eigenvalue weighted by atomic mass is 127. The van der Waals surface area contributed by atoms with Crippen LogP contribution in [0.4, 0.5) is 0 Å². The molecular formula is C24H18IN3O4. The van der Waals surface area contributed by atoms with Crippen LogP contribution in [0.5, 0.6) is 5.75 Å². The Morgan fingerprint density at radius 2 is 1.84 bits per heavy atom. The van der Waals surface area contributed by atoms with Gasteiger partial charge in [-0.15, -0.1) is 0 Å². The van der Waals surface area contributed by atoms with E-state index in [0.717, 1.165) is 14.7 Å². The minimum Gasteiger partial charge on any atom is -0.479 e. The van der Waals surface area contributed by atoms with Crippen LogP contribution in [0, 0.1) is 3.57 Å². The standard InChI is InChI=1S/C24H18IN3O4/c1-15(24(30)31)32-21-12-11-16(13-19(21)25)14-26-28-22(17-7-3-2-4-8-17)27-20-10-6-5-9-18(20)23(28)29/h2-15H,1H3,(H,30,31)/t15-/m0/s1. The Morgan fingerprint density at radius 1 is 1.12 bits per heavy atom. The molecule has 1 atom stereocenters. The van der Waals surface area contributed by atoms with Crippen molar-refractivity contribution < 1.29 is 14.6 Å². The maximum atomic E-state index is 13.2. The van der Waals surface area contributed by atoms with Crippen LogP contribution >= 0.6 is 22.6 Å². The Bertz CT molecular complexity index is 1380. The normalized spacial score (nSPS) is 12.2. The number of hydrogen-bond donors (Lipinski definition) is 1. The summed E-state index contributed by atoms with van der Waals surface area (Å²) in [4.78, 5) is 28.9. The third-order valence-electron chi connectivity index (χ3n) is 4.72. The van der Waals surface area contributed by atoms with Crippen molar-refractivity contribution >= 4 is 45.7 Å². The number of rotatable bonds is 6. The molecule has 0 aliphatic rings. The van der Waals surface area contributed by atoms with E-state index in [4.69, 9.17) is 9.84 Å². The number of ether oxygens (including phenoxy) is 1. The summed E-state index contributed by atoms with van der Waals surface area (Å²) in [5.74, 6) is -0.134. The van der Waals surface area contributed by atoms with Gasteiger partial charge in [0.05, 0.1) is 20.7 Å². The van der Waals surface area contributed by atoms with Gasteiger partial charge in [0, 0.05) is 5.56 Å². The van der Waals surface area contributed by atoms with E-state index in [-0.39, 0.29) is 5.56 Å². The Hall–Kier alpha value is -3.53. The second kappa shape index (κ2) is 9.31. The van der Waals surface area contributed by atoms with Gasteiger partial charge in [0.25, 0.3) is 5.56 Å². The van der Waals surface area contributed by atoms with Crippen LogP contribution < -0.4 is 10.3 Å². The van der Waals surface area contributed by atoms with Gasteiger partial charge in [0.15, 0.2) is 11.9 Å². The fraction of sp³-hybridized carbons (Fsp3) is 0.0833. The monoisotopic (exact) mass is 539 g/mol. The van der Waals surface area contributed by atoms with Crippen LogP contribution in [0.25, 0.3) is 22.3 Å². The minimum absolute atomic E-state index is 0.268. The lowest BCUT2D eigenvalue weighted by atomic mass is 10.2. The molecule has 4 aromatic rings. The SMILES string of the molecule is C[C@H](Oc1ccc(C=Nn2c(-c3ccccc3)nc3ccccc3c2=O)cc1I)C(=O)O. The topological polar surface area (TPSA) is 93.8 Å². The van der Waals surface area contributed by atoms with Crippen molar-refractivity contribution in [2.24, 2.45) is 5.10 Å². The lowest BCUT2D eigenvalue weighted by Gasteiger charge is -2.12. The molecule has 0 aliphatic carbocycles. The Balaban J connectivity index is 1.75. The van der Waals surface area contributed by atoms with Crippen molar-refractivity contribution in [3.8, 4) is 17.1 Å². The molecule has 1 heterocycles. The zero-order valence-corrected chi connectivity index (χ0v) is 19.1. The van der Waals surface area contributed by atoms with Crippen LogP contribution in [0.1, 0.15) is 12.5 Å². The zero-order chi connectivity index (χ0) is 22.7. The first-order chi connectivity index (χ1) is 15.4. The number of benzene rings is 3. The molecule has 7 nitrogen and oxygen atoms in total. The summed E-state index contributed by atoms with van der Waals surface area (Å²) in [5.41, 5.74) is 1.83. The highest BCUT2D eigenvalue weighted by Crippen LogP contribution is 2.23. The molecule has 32 heavy (non-hydrogen) atoms. The third-order valence-corrected chi connectivity index (χ3v) is 5.56. The molecule has 0 bridgehead atoms. The summed E-state index contributed by atoms with van der Waals surface area (Å²) in [6, 6.07) is 21.8. The van der Waals surface area contributed by atoms with E-state index in [0.29, 0.717) is 22.5 Å². The van der Waals surface area contributed by atoms with Gasteiger partial charge in [-0.2, -0.15) is 9.78 Å². The maximum absolute atomic E-state index is 13.2. The van der Waals surface area contributed by atoms with Crippen molar-refractivity contribution in [2.45, 2.75) is 13.0 Å². The number of para-hydroxylation sites is 1. The lowest BCUT2D eigenvalue weighted by Crippen LogP contribution is -2.23. The predicted molar refractivity (Wildman–Crippen MR) is 131 cm³/mol. The Kier molecular flexibility index (Phi) is 6.31. The maximum Gasteiger partial charge on any atom is 0.344 e. The van der Waals surface area contributed by atoms with E-state index >= 15 is 0 Å². The summed E-state index contributed by atoms with van der Waals surface area (Å²) < 4.78 is 7.47. The molecule has 3 aromatic carbocycles. The van der Waals surface area contributed by atoms with E-state index in [1.165, 1.54) is 11.6 Å². The fourth-order valence-electron chi connectivity index (χ4n) is 3.06. The molecule has 0 saturated carbocycles. The average Bonchev–Trinajstić information content (AvgIpc) is 2.80. The first kappa shape index (κ1) is 21.7. The zero-order valence-electron chi connectivity index (χ0n) is 17.0. The minimum atomic E-state index is -1.04. The second-order valence-electron chi connectivity index (χ2n) is 6.97. The van der Waals surface area contributed by atoms with E-state index in [1.54, 1.807) is 42.6 Å². The number of aromatic nitrogens is 2. The fourth-order valence-corrected chi connectivity index (χ4v) is 3.73. The highest BCUT2D eigenvalue weighted by Gasteiger charge is 2.15. The van der Waals surface area contributed by atoms with Gasteiger partial charge in [-0.05, 0) is 65.4 Å². The van der Waals surface area contributed by atoms with Crippen LogP contribution in [-0.2, 0) is 4.79 Å². The Labute approximate surface area is 197 Å². The summed E-state index contributed by atoms with van der Waals surface area (Å²) in [6.07, 6.45) is 0.607. The molecule has 160 valence electrons. The van der Waals surface area contributed by atoms with Crippen LogP contribution in [-0.4, -0.2) is 33.1 Å². The number of hydrogen-bond acceptors (Lipinski definition) is 5. The smallest absolute Gasteiger partial charge is 0.344 e. The molecule has 0 aliphatic heterocycles. The number of carbonyl (C=O) groups is 1. The van der Waals surface area contributed by atoms with Gasteiger partial charge >= 0.3 is 5.97 Å². The molecule has 0 unspecified atom stereocenters. The molecule has 1 aromatic heterocycles. The number of carboxylic acid groups (broad SMARTS) is 1. The first-order valence-corrected chi connectivity index (χ1v) is 10.8. The van der Waals surface area contributed by atoms with Crippen molar-refractivity contribution in [2.75, 3.05) is 0 Å². The largest absolute Gasteiger partial charge is 0.479 e. The van der Waals surface area contributed by atoms with Gasteiger partial charge in [-0.1, -0.05) is 42.5 Å². The van der Waals surface area contributed by atoms with Gasteiger partial charge < -0.3 is 9.84 Å². The van der Waals surface area contributed by atoms with Crippen LogP contribution in [0.2, 0.25) is 0 Å². The summed E-state index contributed by atoms with van der Waals surface area (Å²) in [5, 5.41) is 14.0. The molecule has 8 heteroatoms. The molecular weight excluding hydrogens is 521 g/mol. The molecule has 0 saturated heterocycles. The number of halogens is 1. The molecule has 0 spiro atoms. The average molecular weight is 539 g/mol. The molecule has 4 rings (SSSR count). The number of nitrogens with zero attached hydrogens (tertiary/aromatic N) is 3. The predicted octanol–water partition coefficient (Wildman–Crippen LogP) is 4.40. The van der Waals surface area contributed by atoms with E-state index in [9.17, 15) is 9.59 Å².